The molecule has 31 heavy (non-hydrogen) atoms. The summed E-state index contributed by atoms with van der Waals surface area (Å²) in [4.78, 5) is 40.9. The van der Waals surface area contributed by atoms with Gasteiger partial charge in [0.25, 0.3) is 5.56 Å². The summed E-state index contributed by atoms with van der Waals surface area (Å²) >= 11 is 0. The molecule has 8 heteroatoms. The summed E-state index contributed by atoms with van der Waals surface area (Å²) in [6, 6.07) is 7.81. The third kappa shape index (κ3) is 3.63. The molecule has 1 fully saturated rings. The van der Waals surface area contributed by atoms with Crippen molar-refractivity contribution >= 4 is 22.8 Å². The lowest BCUT2D eigenvalue weighted by atomic mass is 9.95. The van der Waals surface area contributed by atoms with Gasteiger partial charge in [-0.05, 0) is 61.7 Å². The van der Waals surface area contributed by atoms with Crippen LogP contribution in [-0.2, 0) is 20.0 Å². The van der Waals surface area contributed by atoms with Gasteiger partial charge in [-0.2, -0.15) is 0 Å². The molecule has 0 amide bonds. The van der Waals surface area contributed by atoms with Gasteiger partial charge in [0.1, 0.15) is 5.56 Å². The summed E-state index contributed by atoms with van der Waals surface area (Å²) in [7, 11) is 2.02. The molecular weight excluding hydrogens is 398 g/mol. The van der Waals surface area contributed by atoms with Gasteiger partial charge in [-0.3, -0.25) is 9.69 Å². The van der Waals surface area contributed by atoms with Gasteiger partial charge in [-0.15, -0.1) is 0 Å². The number of hydrogen-bond donors (Lipinski definition) is 3. The normalized spacial score (nSPS) is 14.4. The molecular formula is C23H25N3O5. The van der Waals surface area contributed by atoms with E-state index in [0.717, 1.165) is 30.5 Å². The molecule has 8 nitrogen and oxygen atoms in total. The van der Waals surface area contributed by atoms with Gasteiger partial charge in [-0.1, -0.05) is 13.0 Å². The first-order valence-electron chi connectivity index (χ1n) is 10.4. The monoisotopic (exact) mass is 423 g/mol. The Bertz CT molecular complexity index is 1250. The largest absolute Gasteiger partial charge is 0.478 e. The van der Waals surface area contributed by atoms with Crippen molar-refractivity contribution in [1.82, 2.24) is 14.5 Å². The van der Waals surface area contributed by atoms with E-state index in [2.05, 4.69) is 20.5 Å². The molecule has 1 aliphatic rings. The lowest BCUT2D eigenvalue weighted by Crippen LogP contribution is -2.25. The van der Waals surface area contributed by atoms with Crippen molar-refractivity contribution in [2.45, 2.75) is 32.7 Å². The number of nitrogens with zero attached hydrogens (tertiary/aromatic N) is 2. The zero-order chi connectivity index (χ0) is 22.3. The van der Waals surface area contributed by atoms with Crippen LogP contribution in [-0.4, -0.2) is 49.7 Å². The molecule has 0 spiro atoms. The van der Waals surface area contributed by atoms with E-state index < -0.39 is 28.6 Å². The summed E-state index contributed by atoms with van der Waals surface area (Å²) in [6.45, 7) is 4.81. The van der Waals surface area contributed by atoms with Crippen molar-refractivity contribution in [3.05, 3.63) is 57.0 Å². The van der Waals surface area contributed by atoms with Crippen LogP contribution in [0.3, 0.4) is 0 Å². The van der Waals surface area contributed by atoms with Crippen molar-refractivity contribution in [1.29, 1.82) is 0 Å². The Balaban J connectivity index is 1.85. The fourth-order valence-electron chi connectivity index (χ4n) is 4.56. The lowest BCUT2D eigenvalue weighted by Gasteiger charge is -2.15. The van der Waals surface area contributed by atoms with Crippen LogP contribution in [0, 0.1) is 0 Å². The molecule has 0 unspecified atom stereocenters. The summed E-state index contributed by atoms with van der Waals surface area (Å²) in [5.41, 5.74) is 1.43. The van der Waals surface area contributed by atoms with Gasteiger partial charge in [-0.25, -0.2) is 9.59 Å². The number of aryl methyl sites for hydroxylation is 1. The maximum atomic E-state index is 12.5. The molecule has 0 aliphatic carbocycles. The number of H-pyrrole nitrogens is 1. The molecule has 0 radical (unpaired) electrons. The molecule has 3 heterocycles. The van der Waals surface area contributed by atoms with Crippen molar-refractivity contribution in [2.75, 3.05) is 13.1 Å². The minimum Gasteiger partial charge on any atom is -0.478 e. The number of nitrogens with one attached hydrogen (secondary N) is 1. The van der Waals surface area contributed by atoms with Gasteiger partial charge in [0.2, 0.25) is 0 Å². The number of aromatic amines is 1. The number of pyridine rings is 1. The first kappa shape index (κ1) is 20.9. The molecule has 4 rings (SSSR count). The first-order valence-corrected chi connectivity index (χ1v) is 10.4. The Morgan fingerprint density at radius 2 is 1.74 bits per heavy atom. The van der Waals surface area contributed by atoms with E-state index in [9.17, 15) is 24.6 Å². The van der Waals surface area contributed by atoms with Gasteiger partial charge in [0.15, 0.2) is 0 Å². The second kappa shape index (κ2) is 8.03. The van der Waals surface area contributed by atoms with Crippen molar-refractivity contribution < 1.29 is 19.8 Å². The standard InChI is InChI=1S/C23H25N3O5/c1-3-16-18(22(28)29)19(23(30)31)21(27)24-20(16)13-6-7-17-14(10-13)11-15(25(17)2)12-26-8-4-5-9-26/h6-7,10-11H,3-5,8-9,12H2,1-2H3,(H,24,27)(H,28,29)(H,30,31). The molecule has 3 aromatic rings. The Hall–Kier alpha value is -3.39. The highest BCUT2D eigenvalue weighted by atomic mass is 16.4. The zero-order valence-corrected chi connectivity index (χ0v) is 17.6. The predicted molar refractivity (Wildman–Crippen MR) is 117 cm³/mol. The smallest absolute Gasteiger partial charge is 0.342 e. The number of aromatic nitrogens is 2. The number of carboxylic acid groups (broad SMARTS) is 2. The molecule has 1 saturated heterocycles. The van der Waals surface area contributed by atoms with Crippen LogP contribution in [0.5, 0.6) is 0 Å². The van der Waals surface area contributed by atoms with E-state index in [1.54, 1.807) is 6.92 Å². The van der Waals surface area contributed by atoms with Crippen LogP contribution >= 0.6 is 0 Å². The number of likely N-dealkylation sites (tertiary alicyclic amines) is 1. The molecule has 1 aromatic carbocycles. The third-order valence-electron chi connectivity index (χ3n) is 6.12. The van der Waals surface area contributed by atoms with E-state index in [4.69, 9.17) is 0 Å². The van der Waals surface area contributed by atoms with Gasteiger partial charge in [0.05, 0.1) is 11.3 Å². The van der Waals surface area contributed by atoms with E-state index in [1.807, 2.05) is 25.2 Å². The average Bonchev–Trinajstić information content (AvgIpc) is 3.34. The van der Waals surface area contributed by atoms with Crippen LogP contribution in [0.4, 0.5) is 0 Å². The number of aromatic carboxylic acids is 2. The number of rotatable bonds is 6. The number of fused-ring (bicyclic) bond motifs is 1. The van der Waals surface area contributed by atoms with Gasteiger partial charge in [0, 0.05) is 30.2 Å². The Morgan fingerprint density at radius 1 is 1.06 bits per heavy atom. The summed E-state index contributed by atoms with van der Waals surface area (Å²) in [5.74, 6) is -2.97. The highest BCUT2D eigenvalue weighted by Gasteiger charge is 2.27. The Labute approximate surface area is 178 Å². The summed E-state index contributed by atoms with van der Waals surface area (Å²) in [5, 5.41) is 20.0. The van der Waals surface area contributed by atoms with Crippen LogP contribution in [0.2, 0.25) is 0 Å². The second-order valence-corrected chi connectivity index (χ2v) is 7.97. The quantitative estimate of drug-likeness (QED) is 0.561. The van der Waals surface area contributed by atoms with Crippen LogP contribution in [0.1, 0.15) is 51.7 Å². The zero-order valence-electron chi connectivity index (χ0n) is 17.6. The van der Waals surface area contributed by atoms with E-state index >= 15 is 0 Å². The minimum atomic E-state index is -1.55. The highest BCUT2D eigenvalue weighted by molar-refractivity contribution is 6.03. The molecule has 2 aromatic heterocycles. The second-order valence-electron chi connectivity index (χ2n) is 7.97. The van der Waals surface area contributed by atoms with E-state index in [-0.39, 0.29) is 6.42 Å². The topological polar surface area (TPSA) is 116 Å². The van der Waals surface area contributed by atoms with Gasteiger partial charge < -0.3 is 19.8 Å². The number of carbonyl (C=O) groups is 2. The fraction of sp³-hybridized carbons (Fsp3) is 0.348. The molecule has 0 bridgehead atoms. The summed E-state index contributed by atoms with van der Waals surface area (Å²) < 4.78 is 2.15. The number of carboxylic acids is 2. The number of hydrogen-bond acceptors (Lipinski definition) is 4. The first-order chi connectivity index (χ1) is 14.8. The SMILES string of the molecule is CCc1c(-c2ccc3c(c2)cc(CN2CCCC2)n3C)[nH]c(=O)c(C(=O)O)c1C(=O)O. The Morgan fingerprint density at radius 3 is 2.35 bits per heavy atom. The summed E-state index contributed by atoms with van der Waals surface area (Å²) in [6.07, 6.45) is 2.71. The third-order valence-corrected chi connectivity index (χ3v) is 6.12. The fourth-order valence-corrected chi connectivity index (χ4v) is 4.56. The average molecular weight is 423 g/mol. The minimum absolute atomic E-state index is 0.265. The van der Waals surface area contributed by atoms with Crippen molar-refractivity contribution in [3.63, 3.8) is 0 Å². The number of benzene rings is 1. The molecule has 1 aliphatic heterocycles. The van der Waals surface area contributed by atoms with E-state index in [1.165, 1.54) is 18.5 Å². The molecule has 3 N–H and O–H groups in total. The highest BCUT2D eigenvalue weighted by Crippen LogP contribution is 2.30. The predicted octanol–water partition coefficient (Wildman–Crippen LogP) is 3.09. The lowest BCUT2D eigenvalue weighted by molar-refractivity contribution is 0.0648. The maximum Gasteiger partial charge on any atom is 0.342 e. The molecule has 0 saturated carbocycles. The van der Waals surface area contributed by atoms with Gasteiger partial charge >= 0.3 is 11.9 Å². The van der Waals surface area contributed by atoms with Crippen LogP contribution in [0.25, 0.3) is 22.2 Å². The maximum absolute atomic E-state index is 12.5. The Kier molecular flexibility index (Phi) is 5.41. The van der Waals surface area contributed by atoms with Crippen molar-refractivity contribution in [2.24, 2.45) is 7.05 Å². The van der Waals surface area contributed by atoms with Crippen LogP contribution in [0.15, 0.2) is 29.1 Å². The molecule has 0 atom stereocenters. The van der Waals surface area contributed by atoms with Crippen molar-refractivity contribution in [3.8, 4) is 11.3 Å². The van der Waals surface area contributed by atoms with Crippen LogP contribution < -0.4 is 5.56 Å². The van der Waals surface area contributed by atoms with E-state index in [0.29, 0.717) is 16.8 Å². The molecule has 162 valence electrons.